The number of amides is 2. The van der Waals surface area contributed by atoms with Crippen LogP contribution in [-0.2, 0) is 6.54 Å². The van der Waals surface area contributed by atoms with E-state index in [0.29, 0.717) is 13.1 Å². The molecule has 1 N–H and O–H groups in total. The first kappa shape index (κ1) is 18.2. The number of imidazole rings is 1. The number of urea groups is 1. The van der Waals surface area contributed by atoms with Crippen LogP contribution in [0.1, 0.15) is 29.3 Å². The molecule has 1 saturated heterocycles. The number of likely N-dealkylation sites (tertiary alicyclic amines) is 1. The Morgan fingerprint density at radius 3 is 2.64 bits per heavy atom. The van der Waals surface area contributed by atoms with Crippen LogP contribution >= 0.6 is 0 Å². The van der Waals surface area contributed by atoms with Gasteiger partial charge in [-0.25, -0.2) is 9.78 Å². The van der Waals surface area contributed by atoms with Gasteiger partial charge < -0.3 is 14.8 Å². The van der Waals surface area contributed by atoms with Gasteiger partial charge in [0, 0.05) is 49.5 Å². The van der Waals surface area contributed by atoms with E-state index < -0.39 is 0 Å². The van der Waals surface area contributed by atoms with Crippen molar-refractivity contribution in [2.75, 3.05) is 13.1 Å². The van der Waals surface area contributed by atoms with Crippen LogP contribution in [0.4, 0.5) is 4.79 Å². The number of pyridine rings is 1. The third kappa shape index (κ3) is 3.76. The molecule has 2 amide bonds. The van der Waals surface area contributed by atoms with E-state index in [-0.39, 0.29) is 12.1 Å². The first-order valence-corrected chi connectivity index (χ1v) is 9.64. The van der Waals surface area contributed by atoms with E-state index in [9.17, 15) is 4.79 Å². The highest BCUT2D eigenvalue weighted by Gasteiger charge is 2.29. The summed E-state index contributed by atoms with van der Waals surface area (Å²) in [6.45, 7) is 6.11. The molecule has 1 unspecified atom stereocenters. The van der Waals surface area contributed by atoms with Crippen LogP contribution in [0.15, 0.2) is 55.0 Å². The molecule has 3 heterocycles. The predicted octanol–water partition coefficient (Wildman–Crippen LogP) is 3.72. The van der Waals surface area contributed by atoms with Crippen molar-refractivity contribution in [1.82, 2.24) is 24.8 Å². The Bertz CT molecular complexity index is 949. The van der Waals surface area contributed by atoms with Crippen molar-refractivity contribution >= 4 is 6.03 Å². The lowest BCUT2D eigenvalue weighted by Crippen LogP contribution is -2.38. The third-order valence-corrected chi connectivity index (χ3v) is 5.30. The predicted molar refractivity (Wildman–Crippen MR) is 109 cm³/mol. The molecule has 3 aromatic rings. The van der Waals surface area contributed by atoms with Crippen molar-refractivity contribution in [1.29, 1.82) is 0 Å². The van der Waals surface area contributed by atoms with Crippen LogP contribution in [0.2, 0.25) is 0 Å². The zero-order valence-electron chi connectivity index (χ0n) is 16.3. The molecule has 1 aromatic carbocycles. The van der Waals surface area contributed by atoms with Crippen molar-refractivity contribution in [3.63, 3.8) is 0 Å². The number of aryl methyl sites for hydroxylation is 2. The maximum absolute atomic E-state index is 12.6. The molecule has 144 valence electrons. The summed E-state index contributed by atoms with van der Waals surface area (Å²) in [6.07, 6.45) is 6.38. The zero-order chi connectivity index (χ0) is 19.5. The number of benzene rings is 1. The maximum atomic E-state index is 12.6. The van der Waals surface area contributed by atoms with E-state index in [2.05, 4.69) is 58.0 Å². The molecule has 2 aromatic heterocycles. The molecular formula is C22H25N5O. The number of rotatable bonds is 4. The lowest BCUT2D eigenvalue weighted by Gasteiger charge is -2.20. The fraction of sp³-hybridized carbons (Fsp3) is 0.318. The van der Waals surface area contributed by atoms with Gasteiger partial charge in [-0.3, -0.25) is 4.98 Å². The number of nitrogens with zero attached hydrogens (tertiary/aromatic N) is 4. The number of hydrogen-bond acceptors (Lipinski definition) is 3. The van der Waals surface area contributed by atoms with Gasteiger partial charge in [-0.1, -0.05) is 29.8 Å². The van der Waals surface area contributed by atoms with Gasteiger partial charge in [-0.15, -0.1) is 0 Å². The van der Waals surface area contributed by atoms with Gasteiger partial charge in [0.05, 0.1) is 6.04 Å². The minimum atomic E-state index is -0.00805. The Balaban J connectivity index is 1.42. The second kappa shape index (κ2) is 7.84. The first-order chi connectivity index (χ1) is 13.6. The van der Waals surface area contributed by atoms with Crippen molar-refractivity contribution in [3.05, 3.63) is 71.8 Å². The van der Waals surface area contributed by atoms with Crippen LogP contribution in [0, 0.1) is 13.8 Å². The molecule has 1 aliphatic heterocycles. The average Bonchev–Trinajstić information content (AvgIpc) is 3.34. The summed E-state index contributed by atoms with van der Waals surface area (Å²) in [6, 6.07) is 12.4. The first-order valence-electron chi connectivity index (χ1n) is 9.64. The molecule has 28 heavy (non-hydrogen) atoms. The summed E-state index contributed by atoms with van der Waals surface area (Å²) in [5, 5.41) is 3.04. The van der Waals surface area contributed by atoms with E-state index in [1.165, 1.54) is 5.56 Å². The van der Waals surface area contributed by atoms with Crippen molar-refractivity contribution in [2.24, 2.45) is 0 Å². The average molecular weight is 375 g/mol. The molecule has 1 atom stereocenters. The quantitative estimate of drug-likeness (QED) is 0.756. The Labute approximate surface area is 165 Å². The van der Waals surface area contributed by atoms with Gasteiger partial charge in [-0.2, -0.15) is 0 Å². The molecule has 0 aliphatic carbocycles. The molecule has 6 heteroatoms. The topological polar surface area (TPSA) is 63.1 Å². The molecular weight excluding hydrogens is 350 g/mol. The van der Waals surface area contributed by atoms with Crippen molar-refractivity contribution in [2.45, 2.75) is 32.9 Å². The van der Waals surface area contributed by atoms with E-state index in [4.69, 9.17) is 0 Å². The molecule has 6 nitrogen and oxygen atoms in total. The summed E-state index contributed by atoms with van der Waals surface area (Å²) < 4.78 is 2.25. The number of aromatic nitrogens is 3. The lowest BCUT2D eigenvalue weighted by molar-refractivity contribution is 0.206. The third-order valence-electron chi connectivity index (χ3n) is 5.30. The molecule has 0 spiro atoms. The fourth-order valence-corrected chi connectivity index (χ4v) is 3.75. The molecule has 1 fully saturated rings. The Morgan fingerprint density at radius 2 is 1.89 bits per heavy atom. The van der Waals surface area contributed by atoms with Gasteiger partial charge in [0.15, 0.2) is 0 Å². The van der Waals surface area contributed by atoms with E-state index in [1.807, 2.05) is 23.2 Å². The molecule has 4 rings (SSSR count). The molecule has 0 bridgehead atoms. The highest BCUT2D eigenvalue weighted by Crippen LogP contribution is 2.29. The highest BCUT2D eigenvalue weighted by molar-refractivity contribution is 5.74. The number of carbonyl (C=O) groups is 1. The molecule has 1 aliphatic rings. The van der Waals surface area contributed by atoms with Gasteiger partial charge >= 0.3 is 6.03 Å². The lowest BCUT2D eigenvalue weighted by atomic mass is 10.1. The largest absolute Gasteiger partial charge is 0.334 e. The molecule has 0 saturated carbocycles. The van der Waals surface area contributed by atoms with Crippen LogP contribution in [0.3, 0.4) is 0 Å². The Morgan fingerprint density at radius 1 is 1.14 bits per heavy atom. The smallest absolute Gasteiger partial charge is 0.317 e. The second-order valence-corrected chi connectivity index (χ2v) is 7.36. The van der Waals surface area contributed by atoms with E-state index in [1.54, 1.807) is 12.4 Å². The van der Waals surface area contributed by atoms with Crippen LogP contribution < -0.4 is 5.32 Å². The van der Waals surface area contributed by atoms with Gasteiger partial charge in [0.25, 0.3) is 0 Å². The van der Waals surface area contributed by atoms with Crippen molar-refractivity contribution < 1.29 is 4.79 Å². The van der Waals surface area contributed by atoms with Crippen LogP contribution in [-0.4, -0.2) is 38.6 Å². The Kier molecular flexibility index (Phi) is 5.10. The highest BCUT2D eigenvalue weighted by atomic mass is 16.2. The number of nitrogens with one attached hydrogen (secondary N) is 1. The summed E-state index contributed by atoms with van der Waals surface area (Å²) in [4.78, 5) is 23.2. The van der Waals surface area contributed by atoms with Crippen LogP contribution in [0.25, 0.3) is 11.4 Å². The number of carbonyl (C=O) groups excluding carboxylic acids is 1. The standard InChI is InChI=1S/C22H25N5O/c1-16-3-5-18(6-4-16)14-25-22(28)26-12-9-20(15-26)27-17(2)13-24-21(27)19-7-10-23-11-8-19/h3-8,10-11,13,20H,9,12,14-15H2,1-2H3,(H,25,28). The normalized spacial score (nSPS) is 16.4. The number of hydrogen-bond donors (Lipinski definition) is 1. The monoisotopic (exact) mass is 375 g/mol. The van der Waals surface area contributed by atoms with Crippen LogP contribution in [0.5, 0.6) is 0 Å². The van der Waals surface area contributed by atoms with Crippen molar-refractivity contribution in [3.8, 4) is 11.4 Å². The summed E-state index contributed by atoms with van der Waals surface area (Å²) in [5.41, 5.74) is 4.49. The maximum Gasteiger partial charge on any atom is 0.317 e. The van der Waals surface area contributed by atoms with E-state index >= 15 is 0 Å². The van der Waals surface area contributed by atoms with E-state index in [0.717, 1.165) is 35.6 Å². The minimum absolute atomic E-state index is 0.00805. The Hall–Kier alpha value is -3.15. The van der Waals surface area contributed by atoms with Gasteiger partial charge in [0.2, 0.25) is 0 Å². The SMILES string of the molecule is Cc1ccc(CNC(=O)N2CCC(n3c(C)cnc3-c3ccncc3)C2)cc1. The summed E-state index contributed by atoms with van der Waals surface area (Å²) >= 11 is 0. The summed E-state index contributed by atoms with van der Waals surface area (Å²) in [7, 11) is 0. The minimum Gasteiger partial charge on any atom is -0.334 e. The zero-order valence-corrected chi connectivity index (χ0v) is 16.3. The van der Waals surface area contributed by atoms with Gasteiger partial charge in [-0.05, 0) is 38.0 Å². The molecule has 0 radical (unpaired) electrons. The fourth-order valence-electron chi connectivity index (χ4n) is 3.75. The van der Waals surface area contributed by atoms with Gasteiger partial charge in [0.1, 0.15) is 5.82 Å². The summed E-state index contributed by atoms with van der Waals surface area (Å²) in [5.74, 6) is 0.937. The second-order valence-electron chi connectivity index (χ2n) is 7.36.